The van der Waals surface area contributed by atoms with Crippen LogP contribution in [0.1, 0.15) is 49.7 Å². The zero-order valence-electron chi connectivity index (χ0n) is 19.8. The number of hydrogen-bond acceptors (Lipinski definition) is 4. The number of amides is 3. The van der Waals surface area contributed by atoms with Crippen LogP contribution in [0.3, 0.4) is 0 Å². The van der Waals surface area contributed by atoms with Gasteiger partial charge in [-0.2, -0.15) is 0 Å². The van der Waals surface area contributed by atoms with Crippen molar-refractivity contribution < 1.29 is 14.3 Å². The highest BCUT2D eigenvalue weighted by Crippen LogP contribution is 2.34. The summed E-state index contributed by atoms with van der Waals surface area (Å²) < 4.78 is 6.09. The summed E-state index contributed by atoms with van der Waals surface area (Å²) >= 11 is 1.73. The van der Waals surface area contributed by atoms with Gasteiger partial charge in [0, 0.05) is 24.0 Å². The number of rotatable bonds is 8. The predicted octanol–water partition coefficient (Wildman–Crippen LogP) is 4.64. The summed E-state index contributed by atoms with van der Waals surface area (Å²) in [5, 5.41) is 5.01. The van der Waals surface area contributed by atoms with Gasteiger partial charge in [-0.25, -0.2) is 4.79 Å². The monoisotopic (exact) mass is 457 g/mol. The molecule has 3 rings (SSSR count). The van der Waals surface area contributed by atoms with Crippen molar-refractivity contribution in [3.63, 3.8) is 0 Å². The highest BCUT2D eigenvalue weighted by Gasteiger charge is 2.33. The average molecular weight is 458 g/mol. The van der Waals surface area contributed by atoms with Crippen molar-refractivity contribution in [1.82, 2.24) is 15.1 Å². The van der Waals surface area contributed by atoms with E-state index in [1.54, 1.807) is 16.2 Å². The van der Waals surface area contributed by atoms with Crippen LogP contribution in [0, 0.1) is 12.8 Å². The molecule has 2 aromatic rings. The number of nitrogens with one attached hydrogen (secondary N) is 1. The van der Waals surface area contributed by atoms with E-state index in [2.05, 4.69) is 30.6 Å². The minimum absolute atomic E-state index is 0.0197. The van der Waals surface area contributed by atoms with Gasteiger partial charge in [-0.05, 0) is 62.3 Å². The third-order valence-electron chi connectivity index (χ3n) is 5.46. The highest BCUT2D eigenvalue weighted by atomic mass is 32.1. The number of fused-ring (bicyclic) bond motifs is 1. The number of carbonyl (C=O) groups excluding carboxylic acids is 2. The van der Waals surface area contributed by atoms with Crippen molar-refractivity contribution in [3.8, 4) is 5.75 Å². The largest absolute Gasteiger partial charge is 0.491 e. The Bertz CT molecular complexity index is 907. The lowest BCUT2D eigenvalue weighted by molar-refractivity contribution is -0.135. The van der Waals surface area contributed by atoms with Crippen LogP contribution in [0.2, 0.25) is 0 Å². The maximum Gasteiger partial charge on any atom is 0.318 e. The summed E-state index contributed by atoms with van der Waals surface area (Å²) in [6.45, 7) is 11.6. The molecule has 6 nitrogen and oxygen atoms in total. The number of ether oxygens (including phenoxy) is 1. The minimum Gasteiger partial charge on any atom is -0.491 e. The maximum absolute atomic E-state index is 13.4. The molecule has 3 amide bonds. The number of nitrogens with zero attached hydrogens (tertiary/aromatic N) is 2. The number of aryl methyl sites for hydroxylation is 1. The van der Waals surface area contributed by atoms with E-state index in [0.717, 1.165) is 17.7 Å². The molecule has 1 aliphatic heterocycles. The van der Waals surface area contributed by atoms with Crippen LogP contribution in [-0.4, -0.2) is 54.0 Å². The Kier molecular flexibility index (Phi) is 8.18. The van der Waals surface area contributed by atoms with Crippen molar-refractivity contribution >= 4 is 23.3 Å². The molecule has 174 valence electrons. The average Bonchev–Trinajstić information content (AvgIpc) is 3.20. The Balaban J connectivity index is 1.75. The van der Waals surface area contributed by atoms with Gasteiger partial charge in [-0.3, -0.25) is 4.79 Å². The summed E-state index contributed by atoms with van der Waals surface area (Å²) in [6, 6.07) is 9.72. The number of hydrogen-bond donors (Lipinski definition) is 1. The molecule has 1 aliphatic rings. The SMILES string of the molecule is Cc1ccc(OC[C@H]2c3ccsc3CCN2C(=O)CN(CC(C)C)C(=O)NC(C)C)cc1. The van der Waals surface area contributed by atoms with Crippen LogP contribution in [-0.2, 0) is 11.2 Å². The summed E-state index contributed by atoms with van der Waals surface area (Å²) in [5.41, 5.74) is 2.33. The van der Waals surface area contributed by atoms with E-state index >= 15 is 0 Å². The van der Waals surface area contributed by atoms with E-state index in [-0.39, 0.29) is 36.5 Å². The maximum atomic E-state index is 13.4. The second-order valence-corrected chi connectivity index (χ2v) is 10.2. The molecular weight excluding hydrogens is 422 g/mol. The molecule has 1 atom stereocenters. The van der Waals surface area contributed by atoms with Crippen LogP contribution in [0.25, 0.3) is 0 Å². The topological polar surface area (TPSA) is 61.9 Å². The second kappa shape index (κ2) is 10.9. The van der Waals surface area contributed by atoms with Crippen molar-refractivity contribution in [2.24, 2.45) is 5.92 Å². The fraction of sp³-hybridized carbons (Fsp3) is 0.520. The minimum atomic E-state index is -0.192. The van der Waals surface area contributed by atoms with Crippen molar-refractivity contribution in [1.29, 1.82) is 0 Å². The molecule has 0 saturated carbocycles. The molecule has 0 saturated heterocycles. The van der Waals surface area contributed by atoms with Gasteiger partial charge in [0.2, 0.25) is 5.91 Å². The predicted molar refractivity (Wildman–Crippen MR) is 129 cm³/mol. The fourth-order valence-corrected chi connectivity index (χ4v) is 4.86. The van der Waals surface area contributed by atoms with E-state index in [1.165, 1.54) is 10.4 Å². The third-order valence-corrected chi connectivity index (χ3v) is 6.45. The second-order valence-electron chi connectivity index (χ2n) is 9.15. The van der Waals surface area contributed by atoms with Crippen molar-refractivity contribution in [2.75, 3.05) is 26.2 Å². The third kappa shape index (κ3) is 6.25. The normalized spacial score (nSPS) is 15.6. The molecule has 0 unspecified atom stereocenters. The van der Waals surface area contributed by atoms with E-state index < -0.39 is 0 Å². The summed E-state index contributed by atoms with van der Waals surface area (Å²) in [5.74, 6) is 1.02. The van der Waals surface area contributed by atoms with E-state index in [0.29, 0.717) is 19.7 Å². The molecule has 2 heterocycles. The molecule has 0 fully saturated rings. The van der Waals surface area contributed by atoms with Gasteiger partial charge < -0.3 is 19.9 Å². The van der Waals surface area contributed by atoms with Gasteiger partial charge in [-0.15, -0.1) is 11.3 Å². The molecule has 1 aromatic carbocycles. The molecule has 32 heavy (non-hydrogen) atoms. The van der Waals surface area contributed by atoms with Crippen LogP contribution < -0.4 is 10.1 Å². The van der Waals surface area contributed by atoms with E-state index in [9.17, 15) is 9.59 Å². The lowest BCUT2D eigenvalue weighted by Crippen LogP contribution is -2.51. The number of carbonyl (C=O) groups is 2. The van der Waals surface area contributed by atoms with Gasteiger partial charge in [0.1, 0.15) is 18.9 Å². The van der Waals surface area contributed by atoms with Crippen LogP contribution in [0.15, 0.2) is 35.7 Å². The van der Waals surface area contributed by atoms with Crippen molar-refractivity contribution in [2.45, 2.75) is 53.1 Å². The first-order chi connectivity index (χ1) is 15.2. The van der Waals surface area contributed by atoms with E-state index in [4.69, 9.17) is 4.74 Å². The molecule has 0 spiro atoms. The Hall–Kier alpha value is -2.54. The first kappa shape index (κ1) is 24.1. The molecular formula is C25H35N3O3S. The van der Waals surface area contributed by atoms with Gasteiger partial charge in [-0.1, -0.05) is 31.5 Å². The molecule has 0 bridgehead atoms. The van der Waals surface area contributed by atoms with E-state index in [1.807, 2.05) is 49.9 Å². The fourth-order valence-electron chi connectivity index (χ4n) is 3.94. The first-order valence-electron chi connectivity index (χ1n) is 11.3. The number of thiophene rings is 1. The first-order valence-corrected chi connectivity index (χ1v) is 12.2. The lowest BCUT2D eigenvalue weighted by Gasteiger charge is -2.37. The molecule has 1 N–H and O–H groups in total. The van der Waals surface area contributed by atoms with Crippen LogP contribution >= 0.6 is 11.3 Å². The Morgan fingerprint density at radius 3 is 2.56 bits per heavy atom. The molecule has 0 radical (unpaired) electrons. The summed E-state index contributed by atoms with van der Waals surface area (Å²) in [7, 11) is 0. The Morgan fingerprint density at radius 1 is 1.19 bits per heavy atom. The highest BCUT2D eigenvalue weighted by molar-refractivity contribution is 7.10. The quantitative estimate of drug-likeness (QED) is 0.628. The zero-order valence-corrected chi connectivity index (χ0v) is 20.6. The smallest absolute Gasteiger partial charge is 0.318 e. The summed E-state index contributed by atoms with van der Waals surface area (Å²) in [6.07, 6.45) is 0.835. The lowest BCUT2D eigenvalue weighted by atomic mass is 10.0. The molecule has 1 aromatic heterocycles. The Labute approximate surface area is 195 Å². The molecule has 7 heteroatoms. The van der Waals surface area contributed by atoms with Crippen molar-refractivity contribution in [3.05, 3.63) is 51.7 Å². The molecule has 0 aliphatic carbocycles. The van der Waals surface area contributed by atoms with Gasteiger partial charge >= 0.3 is 6.03 Å². The number of benzene rings is 1. The summed E-state index contributed by atoms with van der Waals surface area (Å²) in [4.78, 5) is 31.0. The van der Waals surface area contributed by atoms with Crippen LogP contribution in [0.5, 0.6) is 5.75 Å². The Morgan fingerprint density at radius 2 is 1.91 bits per heavy atom. The van der Waals surface area contributed by atoms with Gasteiger partial charge in [0.25, 0.3) is 0 Å². The standard InChI is InChI=1S/C25H35N3O3S/c1-17(2)14-27(25(30)26-18(3)4)15-24(29)28-12-10-23-21(11-13-32-23)22(28)16-31-20-8-6-19(5)7-9-20/h6-9,11,13,17-18,22H,10,12,14-16H2,1-5H3,(H,26,30)/t22-/m0/s1. The van der Waals surface area contributed by atoms with Crippen LogP contribution in [0.4, 0.5) is 4.79 Å². The van der Waals surface area contributed by atoms with Gasteiger partial charge in [0.05, 0.1) is 6.04 Å². The van der Waals surface area contributed by atoms with Gasteiger partial charge in [0.15, 0.2) is 0 Å². The zero-order chi connectivity index (χ0) is 23.3. The number of urea groups is 1.